The van der Waals surface area contributed by atoms with Crippen LogP contribution in [0.25, 0.3) is 5.69 Å². The van der Waals surface area contributed by atoms with E-state index in [9.17, 15) is 24.0 Å². The molecule has 5 heterocycles. The van der Waals surface area contributed by atoms with E-state index in [1.807, 2.05) is 4.90 Å². The lowest BCUT2D eigenvalue weighted by Crippen LogP contribution is -2.59. The Morgan fingerprint density at radius 3 is 2.72 bits per heavy atom. The van der Waals surface area contributed by atoms with E-state index in [1.165, 1.54) is 15.8 Å². The first-order valence-electron chi connectivity index (χ1n) is 12.2. The summed E-state index contributed by atoms with van der Waals surface area (Å²) in [6.45, 7) is 1.53. The second-order valence-electron chi connectivity index (χ2n) is 9.71. The molecule has 0 spiro atoms. The van der Waals surface area contributed by atoms with Crippen molar-refractivity contribution in [2.45, 2.75) is 50.7 Å². The van der Waals surface area contributed by atoms with Crippen LogP contribution in [-0.4, -0.2) is 90.9 Å². The number of hydrogen-bond acceptors (Lipinski definition) is 7. The highest BCUT2D eigenvalue weighted by Gasteiger charge is 2.39. The number of piperazine rings is 1. The van der Waals surface area contributed by atoms with Gasteiger partial charge in [-0.25, -0.2) is 4.68 Å². The zero-order chi connectivity index (χ0) is 25.0. The molecule has 1 N–H and O–H groups in total. The van der Waals surface area contributed by atoms with Crippen LogP contribution in [0.15, 0.2) is 24.4 Å². The molecule has 0 radical (unpaired) electrons. The Morgan fingerprint density at radius 1 is 1.03 bits per heavy atom. The van der Waals surface area contributed by atoms with Gasteiger partial charge >= 0.3 is 0 Å². The Hall–Kier alpha value is -4.09. The number of nitrogens with one attached hydrogen (secondary N) is 1. The summed E-state index contributed by atoms with van der Waals surface area (Å²) in [5.74, 6) is -1.41. The van der Waals surface area contributed by atoms with Crippen molar-refractivity contribution in [2.75, 3.05) is 19.6 Å². The van der Waals surface area contributed by atoms with E-state index in [-0.39, 0.29) is 54.9 Å². The summed E-state index contributed by atoms with van der Waals surface area (Å²) in [5.41, 5.74) is 1.98. The molecule has 3 saturated heterocycles. The number of carbonyl (C=O) groups excluding carboxylic acids is 5. The van der Waals surface area contributed by atoms with Crippen LogP contribution in [0.2, 0.25) is 0 Å². The van der Waals surface area contributed by atoms with Crippen molar-refractivity contribution in [2.24, 2.45) is 0 Å². The summed E-state index contributed by atoms with van der Waals surface area (Å²) in [7, 11) is 0. The van der Waals surface area contributed by atoms with E-state index < -0.39 is 11.9 Å². The molecule has 6 rings (SSSR count). The largest absolute Gasteiger partial charge is 0.336 e. The maximum Gasteiger partial charge on any atom is 0.276 e. The number of nitrogens with zero attached hydrogens (tertiary/aromatic N) is 6. The number of aromatic nitrogens is 3. The van der Waals surface area contributed by atoms with E-state index in [0.717, 1.165) is 31.4 Å². The van der Waals surface area contributed by atoms with Gasteiger partial charge in [-0.15, -0.1) is 5.10 Å². The average molecular weight is 492 g/mol. The van der Waals surface area contributed by atoms with Crippen LogP contribution >= 0.6 is 0 Å². The molecule has 3 fully saturated rings. The highest BCUT2D eigenvalue weighted by Crippen LogP contribution is 2.29. The SMILES string of the molecule is O=C1CCC(N2Cc3cc(-n4cc(C(=O)N5CC(=O)N6CCCCC6C5)nn4)ccc3C2=O)C(=O)N1. The van der Waals surface area contributed by atoms with Gasteiger partial charge < -0.3 is 14.7 Å². The fourth-order valence-electron chi connectivity index (χ4n) is 5.60. The number of benzene rings is 1. The Balaban J connectivity index is 1.18. The second kappa shape index (κ2) is 8.54. The van der Waals surface area contributed by atoms with Crippen LogP contribution in [0.5, 0.6) is 0 Å². The molecule has 36 heavy (non-hydrogen) atoms. The van der Waals surface area contributed by atoms with Gasteiger partial charge in [0.15, 0.2) is 5.69 Å². The van der Waals surface area contributed by atoms with Crippen LogP contribution in [0, 0.1) is 0 Å². The average Bonchev–Trinajstić information content (AvgIpc) is 3.49. The van der Waals surface area contributed by atoms with E-state index in [1.54, 1.807) is 23.1 Å². The number of imide groups is 1. The molecule has 0 saturated carbocycles. The third-order valence-corrected chi connectivity index (χ3v) is 7.48. The molecule has 2 aromatic rings. The summed E-state index contributed by atoms with van der Waals surface area (Å²) in [4.78, 5) is 67.2. The van der Waals surface area contributed by atoms with Crippen molar-refractivity contribution in [1.82, 2.24) is 35.0 Å². The van der Waals surface area contributed by atoms with Gasteiger partial charge in [0.1, 0.15) is 12.6 Å². The van der Waals surface area contributed by atoms with Gasteiger partial charge in [0.2, 0.25) is 17.7 Å². The van der Waals surface area contributed by atoms with E-state index >= 15 is 0 Å². The topological polar surface area (TPSA) is 138 Å². The number of rotatable bonds is 3. The Bertz CT molecular complexity index is 1300. The first-order chi connectivity index (χ1) is 17.4. The van der Waals surface area contributed by atoms with Gasteiger partial charge in [-0.05, 0) is 49.4 Å². The lowest BCUT2D eigenvalue weighted by Gasteiger charge is -2.43. The third kappa shape index (κ3) is 3.73. The summed E-state index contributed by atoms with van der Waals surface area (Å²) >= 11 is 0. The monoisotopic (exact) mass is 491 g/mol. The molecule has 2 unspecified atom stereocenters. The van der Waals surface area contributed by atoms with Gasteiger partial charge in [-0.1, -0.05) is 5.21 Å². The molecule has 1 aromatic carbocycles. The molecule has 5 amide bonds. The van der Waals surface area contributed by atoms with Crippen molar-refractivity contribution in [3.8, 4) is 5.69 Å². The number of hydrogen-bond donors (Lipinski definition) is 1. The molecule has 0 aliphatic carbocycles. The molecular weight excluding hydrogens is 466 g/mol. The lowest BCUT2D eigenvalue weighted by molar-refractivity contribution is -0.140. The van der Waals surface area contributed by atoms with Crippen LogP contribution in [0.1, 0.15) is 58.5 Å². The van der Waals surface area contributed by atoms with E-state index in [0.29, 0.717) is 24.2 Å². The minimum Gasteiger partial charge on any atom is -0.336 e. The van der Waals surface area contributed by atoms with Crippen molar-refractivity contribution < 1.29 is 24.0 Å². The minimum absolute atomic E-state index is 0.0319. The summed E-state index contributed by atoms with van der Waals surface area (Å²) in [6, 6.07) is 4.53. The molecule has 12 heteroatoms. The molecule has 4 aliphatic heterocycles. The molecule has 0 bridgehead atoms. The third-order valence-electron chi connectivity index (χ3n) is 7.48. The summed E-state index contributed by atoms with van der Waals surface area (Å²) in [6.07, 6.45) is 4.96. The van der Waals surface area contributed by atoms with Crippen LogP contribution in [0.3, 0.4) is 0 Å². The maximum absolute atomic E-state index is 13.1. The van der Waals surface area contributed by atoms with Crippen LogP contribution in [-0.2, 0) is 20.9 Å². The number of fused-ring (bicyclic) bond motifs is 2. The van der Waals surface area contributed by atoms with Gasteiger partial charge in [0.05, 0.1) is 11.9 Å². The first kappa shape index (κ1) is 22.4. The molecule has 186 valence electrons. The van der Waals surface area contributed by atoms with Crippen molar-refractivity contribution in [3.63, 3.8) is 0 Å². The van der Waals surface area contributed by atoms with Crippen molar-refractivity contribution in [1.29, 1.82) is 0 Å². The molecule has 2 atom stereocenters. The standard InChI is InChI=1S/C24H25N7O5/c32-20-7-6-19(22(34)25-20)30-10-14-9-15(4-5-17(14)23(30)35)31-12-18(26-27-31)24(36)28-11-16-3-1-2-8-29(16)21(33)13-28/h4-5,9,12,16,19H,1-3,6-8,10-11,13H2,(H,25,32,34). The maximum atomic E-state index is 13.1. The molecule has 4 aliphatic rings. The fourth-order valence-corrected chi connectivity index (χ4v) is 5.60. The van der Waals surface area contributed by atoms with Gasteiger partial charge in [-0.3, -0.25) is 29.3 Å². The number of amides is 5. The van der Waals surface area contributed by atoms with E-state index in [4.69, 9.17) is 0 Å². The highest BCUT2D eigenvalue weighted by molar-refractivity contribution is 6.05. The number of piperidine rings is 2. The Morgan fingerprint density at radius 2 is 1.89 bits per heavy atom. The van der Waals surface area contributed by atoms with Crippen LogP contribution in [0.4, 0.5) is 0 Å². The minimum atomic E-state index is -0.686. The zero-order valence-corrected chi connectivity index (χ0v) is 19.6. The number of carbonyl (C=O) groups is 5. The second-order valence-corrected chi connectivity index (χ2v) is 9.71. The summed E-state index contributed by atoms with van der Waals surface area (Å²) in [5, 5.41) is 10.4. The summed E-state index contributed by atoms with van der Waals surface area (Å²) < 4.78 is 1.46. The molecule has 1 aromatic heterocycles. The normalized spacial score (nSPS) is 24.1. The fraction of sp³-hybridized carbons (Fsp3) is 0.458. The van der Waals surface area contributed by atoms with Gasteiger partial charge in [0.25, 0.3) is 11.8 Å². The molecular formula is C24H25N7O5. The predicted octanol–water partition coefficient (Wildman–Crippen LogP) is -0.135. The van der Waals surface area contributed by atoms with E-state index in [2.05, 4.69) is 15.6 Å². The quantitative estimate of drug-likeness (QED) is 0.590. The molecule has 12 nitrogen and oxygen atoms in total. The van der Waals surface area contributed by atoms with Crippen LogP contribution < -0.4 is 5.32 Å². The Kier molecular flexibility index (Phi) is 5.31. The zero-order valence-electron chi connectivity index (χ0n) is 19.6. The van der Waals surface area contributed by atoms with Crippen molar-refractivity contribution >= 4 is 29.5 Å². The predicted molar refractivity (Wildman–Crippen MR) is 123 cm³/mol. The first-order valence-corrected chi connectivity index (χ1v) is 12.2. The smallest absolute Gasteiger partial charge is 0.276 e. The van der Waals surface area contributed by atoms with Crippen molar-refractivity contribution in [3.05, 3.63) is 41.2 Å². The van der Waals surface area contributed by atoms with Gasteiger partial charge in [-0.2, -0.15) is 0 Å². The van der Waals surface area contributed by atoms with Gasteiger partial charge in [0, 0.05) is 37.7 Å². The lowest BCUT2D eigenvalue weighted by atomic mass is 9.99. The highest BCUT2D eigenvalue weighted by atomic mass is 16.2. The Labute approximate surface area is 206 Å².